The van der Waals surface area contributed by atoms with Gasteiger partial charge >= 0.3 is 5.69 Å². The maximum atomic E-state index is 13.0. The molecular formula is C19H17N3O5S. The molecule has 0 amide bonds. The number of rotatable bonds is 6. The molecular weight excluding hydrogens is 382 g/mol. The summed E-state index contributed by atoms with van der Waals surface area (Å²) in [6.07, 6.45) is 3.75. The summed E-state index contributed by atoms with van der Waals surface area (Å²) in [4.78, 5) is 43.7. The maximum absolute atomic E-state index is 13.0. The van der Waals surface area contributed by atoms with Gasteiger partial charge in [0.15, 0.2) is 5.75 Å². The minimum Gasteiger partial charge on any atom is -0.488 e. The largest absolute Gasteiger partial charge is 0.488 e. The average molecular weight is 399 g/mol. The van der Waals surface area contributed by atoms with E-state index in [4.69, 9.17) is 9.15 Å². The minimum absolute atomic E-state index is 0.0686. The lowest BCUT2D eigenvalue weighted by molar-refractivity contribution is 0.313. The van der Waals surface area contributed by atoms with Gasteiger partial charge in [-0.3, -0.25) is 19.1 Å². The van der Waals surface area contributed by atoms with Crippen LogP contribution in [0.15, 0.2) is 54.8 Å². The Labute approximate surface area is 162 Å². The number of hydrogen-bond donors (Lipinski definition) is 2. The molecule has 8 nitrogen and oxygen atoms in total. The van der Waals surface area contributed by atoms with Crippen LogP contribution in [0, 0.1) is 0 Å². The number of furan rings is 1. The zero-order chi connectivity index (χ0) is 19.7. The predicted molar refractivity (Wildman–Crippen MR) is 106 cm³/mol. The summed E-state index contributed by atoms with van der Waals surface area (Å²) in [6.45, 7) is 2.31. The van der Waals surface area contributed by atoms with E-state index in [0.29, 0.717) is 33.8 Å². The van der Waals surface area contributed by atoms with Crippen molar-refractivity contribution in [2.75, 3.05) is 6.61 Å². The molecule has 0 saturated carbocycles. The lowest BCUT2D eigenvalue weighted by Crippen LogP contribution is -2.35. The van der Waals surface area contributed by atoms with Crippen LogP contribution in [-0.4, -0.2) is 21.1 Å². The van der Waals surface area contributed by atoms with Gasteiger partial charge in [-0.05, 0) is 18.6 Å². The molecule has 9 heteroatoms. The number of fused-ring (bicyclic) bond motifs is 1. The molecule has 0 atom stereocenters. The number of hydrogen-bond acceptors (Lipinski definition) is 6. The lowest BCUT2D eigenvalue weighted by atomic mass is 10.2. The summed E-state index contributed by atoms with van der Waals surface area (Å²) in [5, 5.41) is 2.15. The average Bonchev–Trinajstić information content (AvgIpc) is 3.34. The molecule has 0 aliphatic carbocycles. The Morgan fingerprint density at radius 2 is 2.14 bits per heavy atom. The van der Waals surface area contributed by atoms with Crippen LogP contribution in [0.5, 0.6) is 5.75 Å². The number of aromatic nitrogens is 3. The van der Waals surface area contributed by atoms with Crippen molar-refractivity contribution >= 4 is 21.6 Å². The van der Waals surface area contributed by atoms with Gasteiger partial charge in [0, 0.05) is 28.9 Å². The van der Waals surface area contributed by atoms with Gasteiger partial charge in [-0.15, -0.1) is 11.3 Å². The van der Waals surface area contributed by atoms with Crippen molar-refractivity contribution in [3.05, 3.63) is 72.8 Å². The van der Waals surface area contributed by atoms with E-state index in [9.17, 15) is 14.4 Å². The normalized spacial score (nSPS) is 11.2. The van der Waals surface area contributed by atoms with Crippen LogP contribution in [-0.2, 0) is 6.54 Å². The molecule has 0 aromatic carbocycles. The van der Waals surface area contributed by atoms with Crippen LogP contribution >= 0.6 is 11.3 Å². The highest BCUT2D eigenvalue weighted by Gasteiger charge is 2.17. The van der Waals surface area contributed by atoms with Gasteiger partial charge in [0.1, 0.15) is 10.6 Å². The SMILES string of the molecule is CCCOc1c[nH]c(Cn2c(=O)[nH]c3scc(-c4ccco4)c3c2=O)cc1=O. The van der Waals surface area contributed by atoms with Crippen LogP contribution in [0.2, 0.25) is 0 Å². The van der Waals surface area contributed by atoms with E-state index in [1.807, 2.05) is 6.92 Å². The summed E-state index contributed by atoms with van der Waals surface area (Å²) in [6, 6.07) is 4.82. The lowest BCUT2D eigenvalue weighted by Gasteiger charge is -2.07. The third-order valence-corrected chi connectivity index (χ3v) is 5.12. The summed E-state index contributed by atoms with van der Waals surface area (Å²) >= 11 is 1.26. The summed E-state index contributed by atoms with van der Waals surface area (Å²) in [7, 11) is 0. The Balaban J connectivity index is 1.76. The van der Waals surface area contributed by atoms with Gasteiger partial charge < -0.3 is 14.1 Å². The molecule has 0 bridgehead atoms. The predicted octanol–water partition coefficient (Wildman–Crippen LogP) is 2.54. The molecule has 4 aromatic rings. The second kappa shape index (κ2) is 7.35. The summed E-state index contributed by atoms with van der Waals surface area (Å²) in [5.74, 6) is 0.757. The monoisotopic (exact) mass is 399 g/mol. The molecule has 4 rings (SSSR count). The molecule has 4 aromatic heterocycles. The first kappa shape index (κ1) is 18.1. The van der Waals surface area contributed by atoms with E-state index >= 15 is 0 Å². The molecule has 0 unspecified atom stereocenters. The van der Waals surface area contributed by atoms with Crippen molar-refractivity contribution in [1.82, 2.24) is 14.5 Å². The molecule has 28 heavy (non-hydrogen) atoms. The van der Waals surface area contributed by atoms with Crippen LogP contribution in [0.25, 0.3) is 21.5 Å². The highest BCUT2D eigenvalue weighted by atomic mass is 32.1. The fourth-order valence-corrected chi connectivity index (χ4v) is 3.83. The third-order valence-electron chi connectivity index (χ3n) is 4.23. The third kappa shape index (κ3) is 3.20. The van der Waals surface area contributed by atoms with Crippen LogP contribution < -0.4 is 21.4 Å². The Hall–Kier alpha value is -3.33. The molecule has 0 aliphatic rings. The standard InChI is InChI=1S/C19H17N3O5S/c1-2-5-26-15-8-20-11(7-13(15)23)9-22-18(24)16-12(14-4-3-6-27-14)10-28-17(16)21-19(22)25/h3-4,6-8,10H,2,5,9H2,1H3,(H,20,23)(H,21,25). The van der Waals surface area contributed by atoms with Gasteiger partial charge in [-0.25, -0.2) is 4.79 Å². The number of H-pyrrole nitrogens is 2. The molecule has 0 fully saturated rings. The zero-order valence-electron chi connectivity index (χ0n) is 15.0. The fourth-order valence-electron chi connectivity index (χ4n) is 2.90. The van der Waals surface area contributed by atoms with E-state index in [1.54, 1.807) is 17.5 Å². The Kier molecular flexibility index (Phi) is 4.74. The second-order valence-electron chi connectivity index (χ2n) is 6.19. The van der Waals surface area contributed by atoms with E-state index in [0.717, 1.165) is 11.0 Å². The molecule has 144 valence electrons. The van der Waals surface area contributed by atoms with Gasteiger partial charge in [0.2, 0.25) is 5.43 Å². The Bertz CT molecular complexity index is 1290. The number of aromatic amines is 2. The molecule has 0 spiro atoms. The highest BCUT2D eigenvalue weighted by Crippen LogP contribution is 2.30. The molecule has 0 radical (unpaired) electrons. The zero-order valence-corrected chi connectivity index (χ0v) is 15.8. The number of thiophene rings is 1. The summed E-state index contributed by atoms with van der Waals surface area (Å²) < 4.78 is 11.8. The van der Waals surface area contributed by atoms with Crippen molar-refractivity contribution < 1.29 is 9.15 Å². The second-order valence-corrected chi connectivity index (χ2v) is 7.07. The Morgan fingerprint density at radius 3 is 2.86 bits per heavy atom. The number of nitrogens with one attached hydrogen (secondary N) is 2. The topological polar surface area (TPSA) is 110 Å². The van der Waals surface area contributed by atoms with Crippen molar-refractivity contribution in [3.63, 3.8) is 0 Å². The fraction of sp³-hybridized carbons (Fsp3) is 0.211. The molecule has 4 heterocycles. The van der Waals surface area contributed by atoms with Crippen LogP contribution in [0.4, 0.5) is 0 Å². The Morgan fingerprint density at radius 1 is 1.29 bits per heavy atom. The number of nitrogens with zero attached hydrogens (tertiary/aromatic N) is 1. The minimum atomic E-state index is -0.544. The van der Waals surface area contributed by atoms with E-state index in [-0.39, 0.29) is 17.7 Å². The number of pyridine rings is 1. The number of ether oxygens (including phenoxy) is 1. The molecule has 0 aliphatic heterocycles. The summed E-state index contributed by atoms with van der Waals surface area (Å²) in [5.41, 5.74) is -0.247. The first-order valence-electron chi connectivity index (χ1n) is 8.71. The first-order chi connectivity index (χ1) is 13.6. The maximum Gasteiger partial charge on any atom is 0.329 e. The van der Waals surface area contributed by atoms with Gasteiger partial charge in [0.25, 0.3) is 5.56 Å². The smallest absolute Gasteiger partial charge is 0.329 e. The van der Waals surface area contributed by atoms with E-state index in [2.05, 4.69) is 9.97 Å². The first-order valence-corrected chi connectivity index (χ1v) is 9.59. The quantitative estimate of drug-likeness (QED) is 0.518. The molecule has 0 saturated heterocycles. The highest BCUT2D eigenvalue weighted by molar-refractivity contribution is 7.17. The van der Waals surface area contributed by atoms with Gasteiger partial charge in [-0.2, -0.15) is 0 Å². The van der Waals surface area contributed by atoms with E-state index in [1.165, 1.54) is 29.9 Å². The van der Waals surface area contributed by atoms with Crippen LogP contribution in [0.3, 0.4) is 0 Å². The van der Waals surface area contributed by atoms with Crippen molar-refractivity contribution in [1.29, 1.82) is 0 Å². The van der Waals surface area contributed by atoms with Gasteiger partial charge in [0.05, 0.1) is 24.8 Å². The van der Waals surface area contributed by atoms with Crippen LogP contribution in [0.1, 0.15) is 19.0 Å². The van der Waals surface area contributed by atoms with Gasteiger partial charge in [-0.1, -0.05) is 6.92 Å². The van der Waals surface area contributed by atoms with E-state index < -0.39 is 11.2 Å². The molecule has 2 N–H and O–H groups in total. The van der Waals surface area contributed by atoms with Crippen molar-refractivity contribution in [2.45, 2.75) is 19.9 Å². The van der Waals surface area contributed by atoms with Crippen molar-refractivity contribution in [3.8, 4) is 17.1 Å². The van der Waals surface area contributed by atoms with Crippen molar-refractivity contribution in [2.24, 2.45) is 0 Å².